The van der Waals surface area contributed by atoms with E-state index >= 15 is 0 Å². The zero-order chi connectivity index (χ0) is 24.3. The Bertz CT molecular complexity index is 1270. The summed E-state index contributed by atoms with van der Waals surface area (Å²) in [5.41, 5.74) is 2.89. The third kappa shape index (κ3) is 5.79. The summed E-state index contributed by atoms with van der Waals surface area (Å²) >= 11 is 12.5. The molecule has 1 N–H and O–H groups in total. The lowest BCUT2D eigenvalue weighted by Crippen LogP contribution is -2.14. The molecule has 0 spiro atoms. The summed E-state index contributed by atoms with van der Waals surface area (Å²) in [5, 5.41) is 12.5. The molecule has 7 nitrogen and oxygen atoms in total. The Labute approximate surface area is 208 Å². The summed E-state index contributed by atoms with van der Waals surface area (Å²) in [6.07, 6.45) is 4.96. The second-order valence-corrected chi connectivity index (χ2v) is 9.68. The smallest absolute Gasteiger partial charge is 0.276 e. The van der Waals surface area contributed by atoms with Gasteiger partial charge in [0.25, 0.3) is 5.91 Å². The number of hydrogen-bond donors (Lipinski definition) is 1. The molecule has 0 aliphatic heterocycles. The molecule has 9 heteroatoms. The van der Waals surface area contributed by atoms with Crippen LogP contribution in [-0.2, 0) is 18.7 Å². The zero-order valence-corrected chi connectivity index (χ0v) is 20.6. The molecule has 0 radical (unpaired) electrons. The summed E-state index contributed by atoms with van der Waals surface area (Å²) < 4.78 is 9.00. The first-order valence-corrected chi connectivity index (χ1v) is 11.5. The third-order valence-electron chi connectivity index (χ3n) is 5.23. The molecule has 0 aliphatic carbocycles. The summed E-state index contributed by atoms with van der Waals surface area (Å²) in [6, 6.07) is 14.9. The van der Waals surface area contributed by atoms with Crippen LogP contribution in [0, 0.1) is 0 Å². The van der Waals surface area contributed by atoms with E-state index in [4.69, 9.17) is 27.9 Å². The van der Waals surface area contributed by atoms with Crippen molar-refractivity contribution in [3.63, 3.8) is 0 Å². The van der Waals surface area contributed by atoms with E-state index in [-0.39, 0.29) is 23.7 Å². The summed E-state index contributed by atoms with van der Waals surface area (Å²) in [7, 11) is 0. The molecule has 0 aliphatic rings. The number of nitrogens with one attached hydrogen (secondary N) is 1. The van der Waals surface area contributed by atoms with Crippen LogP contribution in [0.15, 0.2) is 67.1 Å². The first-order chi connectivity index (χ1) is 16.2. The van der Waals surface area contributed by atoms with Crippen molar-refractivity contribution in [3.05, 3.63) is 94.0 Å². The summed E-state index contributed by atoms with van der Waals surface area (Å²) in [6.45, 7) is 7.08. The lowest BCUT2D eigenvalue weighted by Gasteiger charge is -2.19. The fourth-order valence-corrected chi connectivity index (χ4v) is 3.82. The molecule has 1 amide bonds. The lowest BCUT2D eigenvalue weighted by atomic mass is 9.87. The number of rotatable bonds is 7. The van der Waals surface area contributed by atoms with Gasteiger partial charge in [0.2, 0.25) is 0 Å². The number of carbonyl (C=O) groups is 1. The van der Waals surface area contributed by atoms with Gasteiger partial charge in [-0.05, 0) is 41.3 Å². The van der Waals surface area contributed by atoms with E-state index in [1.807, 2.05) is 12.1 Å². The number of ether oxygens (including phenoxy) is 1. The lowest BCUT2D eigenvalue weighted by molar-refractivity contribution is 0.102. The molecule has 0 fully saturated rings. The van der Waals surface area contributed by atoms with Gasteiger partial charge >= 0.3 is 0 Å². The number of halogens is 2. The van der Waals surface area contributed by atoms with Gasteiger partial charge in [-0.3, -0.25) is 9.48 Å². The molecule has 4 rings (SSSR count). The number of aromatic nitrogens is 4. The van der Waals surface area contributed by atoms with Crippen molar-refractivity contribution >= 4 is 34.8 Å². The first kappa shape index (κ1) is 23.9. The maximum absolute atomic E-state index is 12.6. The highest BCUT2D eigenvalue weighted by Crippen LogP contribution is 2.26. The van der Waals surface area contributed by atoms with Gasteiger partial charge in [-0.25, -0.2) is 4.68 Å². The van der Waals surface area contributed by atoms with Crippen LogP contribution in [0.3, 0.4) is 0 Å². The van der Waals surface area contributed by atoms with Crippen LogP contribution in [0.1, 0.15) is 42.4 Å². The number of nitrogens with zero attached hydrogens (tertiary/aromatic N) is 4. The quantitative estimate of drug-likeness (QED) is 0.338. The van der Waals surface area contributed by atoms with Crippen molar-refractivity contribution in [1.82, 2.24) is 19.6 Å². The van der Waals surface area contributed by atoms with E-state index in [0.717, 1.165) is 11.3 Å². The molecule has 0 atom stereocenters. The molecule has 34 heavy (non-hydrogen) atoms. The van der Waals surface area contributed by atoms with Crippen molar-refractivity contribution < 1.29 is 9.53 Å². The number of hydrogen-bond acceptors (Lipinski definition) is 4. The van der Waals surface area contributed by atoms with Gasteiger partial charge in [-0.2, -0.15) is 10.2 Å². The first-order valence-electron chi connectivity index (χ1n) is 10.7. The van der Waals surface area contributed by atoms with Crippen molar-refractivity contribution in [2.45, 2.75) is 39.5 Å². The predicted molar refractivity (Wildman–Crippen MR) is 134 cm³/mol. The van der Waals surface area contributed by atoms with Crippen molar-refractivity contribution in [1.29, 1.82) is 0 Å². The molecule has 2 heterocycles. The molecule has 176 valence electrons. The monoisotopic (exact) mass is 497 g/mol. The van der Waals surface area contributed by atoms with Gasteiger partial charge in [-0.15, -0.1) is 0 Å². The number of carbonyl (C=O) groups excluding carboxylic acids is 1. The number of amides is 1. The van der Waals surface area contributed by atoms with E-state index in [2.05, 4.69) is 48.4 Å². The highest BCUT2D eigenvalue weighted by Gasteiger charge is 2.14. The van der Waals surface area contributed by atoms with Crippen LogP contribution in [-0.4, -0.2) is 25.5 Å². The predicted octanol–water partition coefficient (Wildman–Crippen LogP) is 6.02. The molecule has 0 unspecified atom stereocenters. The van der Waals surface area contributed by atoms with Crippen molar-refractivity contribution in [2.24, 2.45) is 0 Å². The Morgan fingerprint density at radius 3 is 2.41 bits per heavy atom. The minimum atomic E-state index is -0.344. The Morgan fingerprint density at radius 1 is 1.03 bits per heavy atom. The second-order valence-electron chi connectivity index (χ2n) is 8.87. The molecule has 2 aromatic carbocycles. The average Bonchev–Trinajstić information content (AvgIpc) is 3.44. The van der Waals surface area contributed by atoms with Crippen LogP contribution < -0.4 is 10.1 Å². The van der Waals surface area contributed by atoms with E-state index in [9.17, 15) is 4.79 Å². The zero-order valence-electron chi connectivity index (χ0n) is 19.1. The minimum Gasteiger partial charge on any atom is -0.471 e. The van der Waals surface area contributed by atoms with E-state index in [0.29, 0.717) is 22.3 Å². The normalized spacial score (nSPS) is 11.4. The van der Waals surface area contributed by atoms with Crippen LogP contribution >= 0.6 is 23.2 Å². The number of anilines is 1. The topological polar surface area (TPSA) is 74.0 Å². The molecular weight excluding hydrogens is 473 g/mol. The van der Waals surface area contributed by atoms with E-state index < -0.39 is 0 Å². The van der Waals surface area contributed by atoms with E-state index in [1.54, 1.807) is 52.2 Å². The molecule has 0 bridgehead atoms. The largest absolute Gasteiger partial charge is 0.471 e. The fourth-order valence-electron chi connectivity index (χ4n) is 3.30. The summed E-state index contributed by atoms with van der Waals surface area (Å²) in [5.74, 6) is 0.393. The number of benzene rings is 2. The van der Waals surface area contributed by atoms with Crippen LogP contribution in [0.2, 0.25) is 10.0 Å². The van der Waals surface area contributed by atoms with Gasteiger partial charge in [0.1, 0.15) is 5.75 Å². The van der Waals surface area contributed by atoms with Gasteiger partial charge in [0.05, 0.1) is 18.4 Å². The Morgan fingerprint density at radius 2 is 1.74 bits per heavy atom. The SMILES string of the molecule is CC(C)(C)c1ccc(OCn2ccc(C(=O)Nc3cnn(Cc4c(Cl)cccc4Cl)c3)n2)cc1. The molecule has 0 saturated heterocycles. The van der Waals surface area contributed by atoms with Crippen molar-refractivity contribution in [3.8, 4) is 5.75 Å². The Balaban J connectivity index is 1.33. The van der Waals surface area contributed by atoms with Gasteiger partial charge in [0, 0.05) is 28.0 Å². The maximum Gasteiger partial charge on any atom is 0.276 e. The Kier molecular flexibility index (Phi) is 6.95. The van der Waals surface area contributed by atoms with E-state index in [1.165, 1.54) is 5.56 Å². The fraction of sp³-hybridized carbons (Fsp3) is 0.240. The maximum atomic E-state index is 12.6. The van der Waals surface area contributed by atoms with Crippen LogP contribution in [0.25, 0.3) is 0 Å². The molecule has 0 saturated carbocycles. The standard InChI is InChI=1S/C25H25Cl2N5O2/c1-25(2,3)17-7-9-19(10-8-17)34-16-31-12-11-23(30-31)24(33)29-18-13-28-32(14-18)15-20-21(26)5-4-6-22(20)27/h4-14H,15-16H2,1-3H3,(H,29,33). The average molecular weight is 498 g/mol. The highest BCUT2D eigenvalue weighted by atomic mass is 35.5. The molecule has 2 aromatic heterocycles. The minimum absolute atomic E-state index is 0.0842. The summed E-state index contributed by atoms with van der Waals surface area (Å²) in [4.78, 5) is 12.6. The van der Waals surface area contributed by atoms with Crippen LogP contribution in [0.4, 0.5) is 5.69 Å². The van der Waals surface area contributed by atoms with Gasteiger partial charge in [0.15, 0.2) is 12.4 Å². The second kappa shape index (κ2) is 9.91. The van der Waals surface area contributed by atoms with Gasteiger partial charge in [-0.1, -0.05) is 62.2 Å². The molecule has 4 aromatic rings. The molecular formula is C25H25Cl2N5O2. The Hall–Kier alpha value is -3.29. The van der Waals surface area contributed by atoms with Crippen LogP contribution in [0.5, 0.6) is 5.75 Å². The highest BCUT2D eigenvalue weighted by molar-refractivity contribution is 6.35. The third-order valence-corrected chi connectivity index (χ3v) is 5.94. The van der Waals surface area contributed by atoms with Gasteiger partial charge < -0.3 is 10.1 Å². The van der Waals surface area contributed by atoms with Crippen molar-refractivity contribution in [2.75, 3.05) is 5.32 Å².